The predicted molar refractivity (Wildman–Crippen MR) is 38.4 cm³/mol. The summed E-state index contributed by atoms with van der Waals surface area (Å²) in [4.78, 5) is 12.5. The van der Waals surface area contributed by atoms with Crippen molar-refractivity contribution in [2.75, 3.05) is 0 Å². The zero-order chi connectivity index (χ0) is 10.9. The number of pyridine rings is 1. The van der Waals surface area contributed by atoms with Gasteiger partial charge in [0.05, 0.1) is 5.56 Å². The van der Waals surface area contributed by atoms with Gasteiger partial charge in [-0.2, -0.15) is 4.39 Å². The van der Waals surface area contributed by atoms with E-state index in [2.05, 4.69) is 4.74 Å². The van der Waals surface area contributed by atoms with Crippen LogP contribution < -0.4 is 10.3 Å². The number of H-pyrrole nitrogens is 1. The highest BCUT2D eigenvalue weighted by Crippen LogP contribution is 2.23. The summed E-state index contributed by atoms with van der Waals surface area (Å²) in [6.07, 6.45) is -4.94. The largest absolute Gasteiger partial charge is 0.573 e. The van der Waals surface area contributed by atoms with Gasteiger partial charge in [0.1, 0.15) is 5.75 Å². The van der Waals surface area contributed by atoms with Crippen LogP contribution in [0.15, 0.2) is 10.9 Å². The van der Waals surface area contributed by atoms with Gasteiger partial charge in [-0.15, -0.1) is 13.2 Å². The standard InChI is InChI=1S/C7H5F4NO2/c1-3-4(14-7(9,10)11)2-5(8)12-6(3)13/h2H,1H3,(H,12,13). The lowest BCUT2D eigenvalue weighted by Gasteiger charge is -2.10. The second-order valence-electron chi connectivity index (χ2n) is 2.48. The van der Waals surface area contributed by atoms with E-state index in [4.69, 9.17) is 0 Å². The van der Waals surface area contributed by atoms with E-state index in [1.807, 2.05) is 0 Å². The van der Waals surface area contributed by atoms with Gasteiger partial charge in [-0.25, -0.2) is 0 Å². The molecule has 1 heterocycles. The molecule has 0 atom stereocenters. The Labute approximate surface area is 75.3 Å². The number of rotatable bonds is 1. The molecule has 0 saturated carbocycles. The Hall–Kier alpha value is -1.53. The van der Waals surface area contributed by atoms with E-state index in [0.29, 0.717) is 6.07 Å². The average Bonchev–Trinajstić information content (AvgIpc) is 1.96. The predicted octanol–water partition coefficient (Wildman–Crippen LogP) is 1.72. The summed E-state index contributed by atoms with van der Waals surface area (Å²) in [5, 5.41) is 0. The highest BCUT2D eigenvalue weighted by molar-refractivity contribution is 5.29. The van der Waals surface area contributed by atoms with Crippen molar-refractivity contribution in [3.63, 3.8) is 0 Å². The Bertz CT molecular complexity index is 396. The molecule has 0 fully saturated rings. The number of hydrogen-bond donors (Lipinski definition) is 1. The van der Waals surface area contributed by atoms with E-state index in [-0.39, 0.29) is 5.56 Å². The van der Waals surface area contributed by atoms with E-state index in [1.54, 1.807) is 4.98 Å². The quantitative estimate of drug-likeness (QED) is 0.567. The minimum Gasteiger partial charge on any atom is -0.405 e. The first-order chi connectivity index (χ1) is 6.29. The second kappa shape index (κ2) is 3.32. The molecule has 14 heavy (non-hydrogen) atoms. The maximum atomic E-state index is 12.5. The molecule has 0 unspecified atom stereocenters. The molecule has 7 heteroatoms. The molecule has 0 aliphatic carbocycles. The number of hydrogen-bond acceptors (Lipinski definition) is 2. The smallest absolute Gasteiger partial charge is 0.405 e. The van der Waals surface area contributed by atoms with E-state index >= 15 is 0 Å². The van der Waals surface area contributed by atoms with Crippen LogP contribution in [-0.2, 0) is 0 Å². The normalized spacial score (nSPS) is 11.5. The van der Waals surface area contributed by atoms with Crippen molar-refractivity contribution in [2.45, 2.75) is 13.3 Å². The first-order valence-corrected chi connectivity index (χ1v) is 3.45. The third-order valence-electron chi connectivity index (χ3n) is 1.43. The number of alkyl halides is 3. The number of aromatic amines is 1. The molecule has 0 spiro atoms. The van der Waals surface area contributed by atoms with Crippen LogP contribution in [0, 0.1) is 12.9 Å². The molecule has 1 rings (SSSR count). The maximum absolute atomic E-state index is 12.5. The lowest BCUT2D eigenvalue weighted by Crippen LogP contribution is -2.21. The van der Waals surface area contributed by atoms with Gasteiger partial charge >= 0.3 is 6.36 Å². The van der Waals surface area contributed by atoms with Crippen LogP contribution in [0.4, 0.5) is 17.6 Å². The molecule has 3 nitrogen and oxygen atoms in total. The first kappa shape index (κ1) is 10.6. The van der Waals surface area contributed by atoms with Crippen LogP contribution in [0.1, 0.15) is 5.56 Å². The van der Waals surface area contributed by atoms with Crippen molar-refractivity contribution in [1.29, 1.82) is 0 Å². The van der Waals surface area contributed by atoms with Crippen LogP contribution in [0.3, 0.4) is 0 Å². The molecular weight excluding hydrogens is 206 g/mol. The van der Waals surface area contributed by atoms with E-state index < -0.39 is 23.6 Å². The van der Waals surface area contributed by atoms with Crippen molar-refractivity contribution >= 4 is 0 Å². The fourth-order valence-electron chi connectivity index (χ4n) is 0.804. The van der Waals surface area contributed by atoms with Gasteiger partial charge in [-0.05, 0) is 6.92 Å². The van der Waals surface area contributed by atoms with Crippen molar-refractivity contribution in [1.82, 2.24) is 4.98 Å². The van der Waals surface area contributed by atoms with Gasteiger partial charge in [0.25, 0.3) is 5.56 Å². The Kier molecular flexibility index (Phi) is 2.50. The number of nitrogens with one attached hydrogen (secondary N) is 1. The first-order valence-electron chi connectivity index (χ1n) is 3.45. The summed E-state index contributed by atoms with van der Waals surface area (Å²) >= 11 is 0. The summed E-state index contributed by atoms with van der Waals surface area (Å²) in [5.41, 5.74) is -1.28. The molecule has 0 radical (unpaired) electrons. The molecule has 1 aromatic heterocycles. The maximum Gasteiger partial charge on any atom is 0.573 e. The SMILES string of the molecule is Cc1c(OC(F)(F)F)cc(F)[nH]c1=O. The molecule has 0 bridgehead atoms. The Morgan fingerprint density at radius 3 is 2.50 bits per heavy atom. The van der Waals surface area contributed by atoms with Crippen molar-refractivity contribution in [3.05, 3.63) is 27.9 Å². The van der Waals surface area contributed by atoms with E-state index in [9.17, 15) is 22.4 Å². The summed E-state index contributed by atoms with van der Waals surface area (Å²) in [7, 11) is 0. The highest BCUT2D eigenvalue weighted by Gasteiger charge is 2.32. The molecule has 0 aliphatic rings. The Morgan fingerprint density at radius 2 is 2.00 bits per heavy atom. The zero-order valence-corrected chi connectivity index (χ0v) is 6.91. The number of halogens is 4. The lowest BCUT2D eigenvalue weighted by atomic mass is 10.3. The third kappa shape index (κ3) is 2.48. The topological polar surface area (TPSA) is 42.1 Å². The molecule has 0 saturated heterocycles. The molecule has 0 aromatic carbocycles. The lowest BCUT2D eigenvalue weighted by molar-refractivity contribution is -0.274. The second-order valence-corrected chi connectivity index (χ2v) is 2.48. The van der Waals surface area contributed by atoms with Crippen LogP contribution in [-0.4, -0.2) is 11.3 Å². The molecule has 78 valence electrons. The monoisotopic (exact) mass is 211 g/mol. The van der Waals surface area contributed by atoms with Gasteiger partial charge < -0.3 is 4.74 Å². The highest BCUT2D eigenvalue weighted by atomic mass is 19.4. The van der Waals surface area contributed by atoms with Gasteiger partial charge in [0.2, 0.25) is 0 Å². The van der Waals surface area contributed by atoms with Gasteiger partial charge in [0, 0.05) is 6.07 Å². The molecular formula is C7H5F4NO2. The van der Waals surface area contributed by atoms with E-state index in [0.717, 1.165) is 6.92 Å². The van der Waals surface area contributed by atoms with Crippen LogP contribution in [0.5, 0.6) is 5.75 Å². The minimum atomic E-state index is -4.94. The minimum absolute atomic E-state index is 0.330. The molecule has 0 amide bonds. The fraction of sp³-hybridized carbons (Fsp3) is 0.286. The molecule has 1 aromatic rings. The summed E-state index contributed by atoms with van der Waals surface area (Å²) < 4.78 is 51.1. The van der Waals surface area contributed by atoms with Gasteiger partial charge in [-0.1, -0.05) is 0 Å². The summed E-state index contributed by atoms with van der Waals surface area (Å²) in [6, 6.07) is 0.463. The Balaban J connectivity index is 3.15. The van der Waals surface area contributed by atoms with Crippen molar-refractivity contribution in [2.24, 2.45) is 0 Å². The van der Waals surface area contributed by atoms with Crippen LogP contribution >= 0.6 is 0 Å². The molecule has 0 aliphatic heterocycles. The Morgan fingerprint density at radius 1 is 1.43 bits per heavy atom. The van der Waals surface area contributed by atoms with Crippen LogP contribution in [0.2, 0.25) is 0 Å². The van der Waals surface area contributed by atoms with Gasteiger partial charge in [0.15, 0.2) is 5.95 Å². The summed E-state index contributed by atoms with van der Waals surface area (Å²) in [6.45, 7) is 1.10. The third-order valence-corrected chi connectivity index (χ3v) is 1.43. The zero-order valence-electron chi connectivity index (χ0n) is 6.91. The number of ether oxygens (including phenoxy) is 1. The van der Waals surface area contributed by atoms with Crippen molar-refractivity contribution < 1.29 is 22.3 Å². The number of aromatic nitrogens is 1. The average molecular weight is 211 g/mol. The molecule has 1 N–H and O–H groups in total. The summed E-state index contributed by atoms with van der Waals surface area (Å²) in [5.74, 6) is -2.02. The van der Waals surface area contributed by atoms with Crippen LogP contribution in [0.25, 0.3) is 0 Å². The van der Waals surface area contributed by atoms with Gasteiger partial charge in [-0.3, -0.25) is 9.78 Å². The fourth-order valence-corrected chi connectivity index (χ4v) is 0.804. The van der Waals surface area contributed by atoms with Crippen molar-refractivity contribution in [3.8, 4) is 5.75 Å². The van der Waals surface area contributed by atoms with E-state index in [1.165, 1.54) is 0 Å².